The lowest BCUT2D eigenvalue weighted by Gasteiger charge is -2.16. The molecule has 4 rings (SSSR count). The molecule has 0 radical (unpaired) electrons. The molecule has 1 amide bonds. The third kappa shape index (κ3) is 5.06. The molecule has 1 N–H and O–H groups in total. The molecule has 3 aromatic rings. The van der Waals surface area contributed by atoms with Crippen molar-refractivity contribution in [3.63, 3.8) is 0 Å². The number of likely N-dealkylation sites (tertiary alicyclic amines) is 1. The fourth-order valence-electron chi connectivity index (χ4n) is 3.40. The summed E-state index contributed by atoms with van der Waals surface area (Å²) in [4.78, 5) is 33.2. The van der Waals surface area contributed by atoms with Crippen molar-refractivity contribution < 1.29 is 22.7 Å². The summed E-state index contributed by atoms with van der Waals surface area (Å²) in [6.45, 7) is 2.26. The molecule has 2 aromatic carbocycles. The number of sulfone groups is 1. The van der Waals surface area contributed by atoms with Crippen LogP contribution in [0.25, 0.3) is 11.4 Å². The number of hydrogen-bond donors (Lipinski definition) is 1. The number of benzene rings is 2. The lowest BCUT2D eigenvalue weighted by atomic mass is 10.1. The quantitative estimate of drug-likeness (QED) is 0.589. The molecule has 1 aliphatic rings. The first-order valence-electron chi connectivity index (χ1n) is 10.2. The van der Waals surface area contributed by atoms with Gasteiger partial charge in [0.25, 0.3) is 11.5 Å². The van der Waals surface area contributed by atoms with Crippen molar-refractivity contribution in [1.82, 2.24) is 14.9 Å². The van der Waals surface area contributed by atoms with Crippen molar-refractivity contribution in [3.8, 4) is 28.6 Å². The smallest absolute Gasteiger partial charge is 0.263 e. The van der Waals surface area contributed by atoms with Gasteiger partial charge in [-0.2, -0.15) is 0 Å². The molecule has 0 aliphatic carbocycles. The first-order chi connectivity index (χ1) is 15.6. The van der Waals surface area contributed by atoms with Crippen molar-refractivity contribution in [2.75, 3.05) is 19.8 Å². The minimum Gasteiger partial charge on any atom is -0.480 e. The highest BCUT2D eigenvalue weighted by Crippen LogP contribution is 2.32. The number of hydrogen-bond acceptors (Lipinski definition) is 7. The maximum Gasteiger partial charge on any atom is 0.263 e. The van der Waals surface area contributed by atoms with E-state index >= 15 is 0 Å². The number of aryl methyl sites for hydroxylation is 1. The van der Waals surface area contributed by atoms with Gasteiger partial charge in [0.15, 0.2) is 15.9 Å². The van der Waals surface area contributed by atoms with E-state index in [1.807, 2.05) is 0 Å². The molecule has 1 atom stereocenters. The number of ether oxygens (including phenoxy) is 2. The normalized spacial score (nSPS) is 16.2. The van der Waals surface area contributed by atoms with Crippen LogP contribution < -0.4 is 15.0 Å². The van der Waals surface area contributed by atoms with E-state index in [0.717, 1.165) is 6.26 Å². The fraction of sp³-hybridized carbons (Fsp3) is 0.261. The van der Waals surface area contributed by atoms with Crippen LogP contribution in [0.3, 0.4) is 0 Å². The van der Waals surface area contributed by atoms with Crippen molar-refractivity contribution >= 4 is 15.7 Å². The van der Waals surface area contributed by atoms with Gasteiger partial charge < -0.3 is 19.4 Å². The fourth-order valence-corrected chi connectivity index (χ4v) is 4.03. The Hall–Kier alpha value is -3.66. The summed E-state index contributed by atoms with van der Waals surface area (Å²) >= 11 is 0. The molecular formula is C23H23N3O6S. The molecule has 172 valence electrons. The molecule has 0 saturated carbocycles. The Morgan fingerprint density at radius 1 is 1.06 bits per heavy atom. The first-order valence-corrected chi connectivity index (χ1v) is 12.1. The number of rotatable bonds is 6. The molecule has 10 heteroatoms. The van der Waals surface area contributed by atoms with Crippen molar-refractivity contribution in [2.45, 2.75) is 24.3 Å². The van der Waals surface area contributed by atoms with Crippen LogP contribution in [0.5, 0.6) is 17.2 Å². The maximum absolute atomic E-state index is 12.3. The molecule has 1 saturated heterocycles. The Balaban J connectivity index is 1.69. The van der Waals surface area contributed by atoms with Crippen molar-refractivity contribution in [2.24, 2.45) is 0 Å². The Labute approximate surface area is 190 Å². The van der Waals surface area contributed by atoms with Crippen LogP contribution in [-0.2, 0) is 14.6 Å². The number of aromatic nitrogens is 2. The van der Waals surface area contributed by atoms with E-state index in [1.165, 1.54) is 18.3 Å². The zero-order chi connectivity index (χ0) is 23.8. The highest BCUT2D eigenvalue weighted by Gasteiger charge is 2.31. The lowest BCUT2D eigenvalue weighted by molar-refractivity contribution is -0.132. The van der Waals surface area contributed by atoms with Gasteiger partial charge >= 0.3 is 0 Å². The third-order valence-electron chi connectivity index (χ3n) is 5.28. The van der Waals surface area contributed by atoms with Gasteiger partial charge in [0.05, 0.1) is 4.90 Å². The Bertz CT molecular complexity index is 1370. The zero-order valence-electron chi connectivity index (χ0n) is 18.4. The highest BCUT2D eigenvalue weighted by molar-refractivity contribution is 7.90. The highest BCUT2D eigenvalue weighted by atomic mass is 32.2. The summed E-state index contributed by atoms with van der Waals surface area (Å²) in [7, 11) is -1.61. The SMILES string of the molecule is Cc1cnc(-c2cc(Oc3ccc(S(C)(=O)=O)cc3)cc(OC3CCN(C)C3=O)c2)[nH]c1=O. The van der Waals surface area contributed by atoms with E-state index in [1.54, 1.807) is 49.2 Å². The minimum atomic E-state index is -3.33. The van der Waals surface area contributed by atoms with E-state index < -0.39 is 15.9 Å². The number of aromatic amines is 1. The molecule has 9 nitrogen and oxygen atoms in total. The van der Waals surface area contributed by atoms with E-state index in [4.69, 9.17) is 9.47 Å². The molecule has 0 spiro atoms. The van der Waals surface area contributed by atoms with E-state index in [2.05, 4.69) is 9.97 Å². The van der Waals surface area contributed by atoms with Crippen LogP contribution in [0, 0.1) is 6.92 Å². The summed E-state index contributed by atoms with van der Waals surface area (Å²) in [6, 6.07) is 11.0. The van der Waals surface area contributed by atoms with Gasteiger partial charge in [-0.05, 0) is 43.3 Å². The number of carbonyl (C=O) groups excluding carboxylic acids is 1. The summed E-state index contributed by atoms with van der Waals surface area (Å²) in [5.74, 6) is 1.38. The van der Waals surface area contributed by atoms with Crippen molar-refractivity contribution in [1.29, 1.82) is 0 Å². The summed E-state index contributed by atoms with van der Waals surface area (Å²) in [5.41, 5.74) is 0.747. The average Bonchev–Trinajstić information content (AvgIpc) is 3.07. The Morgan fingerprint density at radius 2 is 1.76 bits per heavy atom. The predicted octanol–water partition coefficient (Wildman–Crippen LogP) is 2.55. The number of nitrogens with one attached hydrogen (secondary N) is 1. The summed E-state index contributed by atoms with van der Waals surface area (Å²) in [6.07, 6.45) is 2.55. The zero-order valence-corrected chi connectivity index (χ0v) is 19.2. The van der Waals surface area contributed by atoms with Gasteiger partial charge in [0.1, 0.15) is 23.1 Å². The van der Waals surface area contributed by atoms with Crippen molar-refractivity contribution in [3.05, 3.63) is 64.6 Å². The number of carbonyl (C=O) groups is 1. The van der Waals surface area contributed by atoms with E-state index in [9.17, 15) is 18.0 Å². The van der Waals surface area contributed by atoms with Gasteiger partial charge in [0.2, 0.25) is 0 Å². The van der Waals surface area contributed by atoms with E-state index in [-0.39, 0.29) is 16.4 Å². The van der Waals surface area contributed by atoms with Crippen LogP contribution >= 0.6 is 0 Å². The number of likely N-dealkylation sites (N-methyl/N-ethyl adjacent to an activating group) is 1. The summed E-state index contributed by atoms with van der Waals surface area (Å²) < 4.78 is 35.3. The van der Waals surface area contributed by atoms with Crippen LogP contribution in [0.1, 0.15) is 12.0 Å². The molecular weight excluding hydrogens is 446 g/mol. The van der Waals surface area contributed by atoms with Gasteiger partial charge in [-0.25, -0.2) is 13.4 Å². The third-order valence-corrected chi connectivity index (χ3v) is 6.40. The molecule has 1 unspecified atom stereocenters. The Morgan fingerprint density at radius 3 is 2.36 bits per heavy atom. The second kappa shape index (κ2) is 8.70. The molecule has 1 fully saturated rings. The molecule has 1 aliphatic heterocycles. The molecule has 33 heavy (non-hydrogen) atoms. The largest absolute Gasteiger partial charge is 0.480 e. The first kappa shape index (κ1) is 22.5. The minimum absolute atomic E-state index is 0.110. The van der Waals surface area contributed by atoms with Gasteiger partial charge in [-0.15, -0.1) is 0 Å². The van der Waals surface area contributed by atoms with Crippen LogP contribution in [0.15, 0.2) is 58.4 Å². The number of amides is 1. The lowest BCUT2D eigenvalue weighted by Crippen LogP contribution is -2.29. The average molecular weight is 470 g/mol. The second-order valence-electron chi connectivity index (χ2n) is 7.94. The number of H-pyrrole nitrogens is 1. The van der Waals surface area contributed by atoms with Gasteiger partial charge in [-0.1, -0.05) is 0 Å². The molecule has 0 bridgehead atoms. The van der Waals surface area contributed by atoms with Crippen LogP contribution in [-0.4, -0.2) is 55.1 Å². The van der Waals surface area contributed by atoms with Crippen LogP contribution in [0.4, 0.5) is 0 Å². The standard InChI is InChI=1S/C23H23N3O6S/c1-14-13-24-21(25-22(14)27)15-10-17(31-16-4-6-19(7-5-16)33(3,29)30)12-18(11-15)32-20-8-9-26(2)23(20)28/h4-7,10-13,20H,8-9H2,1-3H3,(H,24,25,27). The van der Waals surface area contributed by atoms with Gasteiger partial charge in [-0.3, -0.25) is 9.59 Å². The molecule has 2 heterocycles. The number of nitrogens with zero attached hydrogens (tertiary/aromatic N) is 2. The topological polar surface area (TPSA) is 119 Å². The van der Waals surface area contributed by atoms with Gasteiger partial charge in [0, 0.05) is 49.7 Å². The second-order valence-corrected chi connectivity index (χ2v) is 9.95. The monoisotopic (exact) mass is 469 g/mol. The van der Waals surface area contributed by atoms with Crippen LogP contribution in [0.2, 0.25) is 0 Å². The summed E-state index contributed by atoms with van der Waals surface area (Å²) in [5, 5.41) is 0. The maximum atomic E-state index is 12.3. The molecule has 1 aromatic heterocycles. The Kier molecular flexibility index (Phi) is 5.94. The van der Waals surface area contributed by atoms with E-state index in [0.29, 0.717) is 47.2 Å². The predicted molar refractivity (Wildman–Crippen MR) is 121 cm³/mol.